The van der Waals surface area contributed by atoms with Crippen LogP contribution in [0.25, 0.3) is 0 Å². The van der Waals surface area contributed by atoms with Gasteiger partial charge in [-0.1, -0.05) is 64.7 Å². The second-order valence-corrected chi connectivity index (χ2v) is 4.55. The topological polar surface area (TPSA) is 78.1 Å². The molecule has 0 aromatic rings. The molecule has 3 nitrogen and oxygen atoms in total. The Kier molecular flexibility index (Phi) is 24.0. The highest BCUT2D eigenvalue weighted by Gasteiger charge is 1.91. The van der Waals surface area contributed by atoms with Crippen LogP contribution < -0.4 is 17.2 Å². The van der Waals surface area contributed by atoms with Crippen molar-refractivity contribution in [1.29, 1.82) is 0 Å². The van der Waals surface area contributed by atoms with E-state index in [1.807, 2.05) is 0 Å². The Labute approximate surface area is 109 Å². The lowest BCUT2D eigenvalue weighted by molar-refractivity contribution is 0.558. The average molecular weight is 245 g/mol. The summed E-state index contributed by atoms with van der Waals surface area (Å²) >= 11 is 0. The first-order valence-electron chi connectivity index (χ1n) is 7.43. The second-order valence-electron chi connectivity index (χ2n) is 4.55. The van der Waals surface area contributed by atoms with Crippen LogP contribution in [-0.2, 0) is 0 Å². The molecule has 0 amide bonds. The summed E-state index contributed by atoms with van der Waals surface area (Å²) in [6.07, 6.45) is 13.9. The Bertz CT molecular complexity index is 95.6. The van der Waals surface area contributed by atoms with Crippen molar-refractivity contribution >= 4 is 0 Å². The van der Waals surface area contributed by atoms with E-state index in [9.17, 15) is 0 Å². The maximum atomic E-state index is 5.42. The second kappa shape index (κ2) is 21.2. The Balaban J connectivity index is 0. The third-order valence-electron chi connectivity index (χ3n) is 2.72. The molecule has 0 saturated heterocycles. The molecule has 0 heterocycles. The molecule has 0 radical (unpaired) electrons. The lowest BCUT2D eigenvalue weighted by Crippen LogP contribution is -2.11. The van der Waals surface area contributed by atoms with Gasteiger partial charge in [0.1, 0.15) is 0 Å². The molecule has 0 aromatic carbocycles. The van der Waals surface area contributed by atoms with Gasteiger partial charge >= 0.3 is 0 Å². The predicted octanol–water partition coefficient (Wildman–Crippen LogP) is 2.77. The maximum absolute atomic E-state index is 5.42. The third-order valence-corrected chi connectivity index (χ3v) is 2.72. The lowest BCUT2D eigenvalue weighted by Gasteiger charge is -2.00. The van der Waals surface area contributed by atoms with Gasteiger partial charge in [0, 0.05) is 13.1 Å². The van der Waals surface area contributed by atoms with Crippen molar-refractivity contribution in [2.75, 3.05) is 19.6 Å². The molecular formula is C14H35N3. The molecule has 17 heavy (non-hydrogen) atoms. The summed E-state index contributed by atoms with van der Waals surface area (Å²) in [6, 6.07) is 0. The van der Waals surface area contributed by atoms with Crippen LogP contribution >= 0.6 is 0 Å². The first-order valence-corrected chi connectivity index (χ1v) is 7.43. The van der Waals surface area contributed by atoms with E-state index < -0.39 is 0 Å². The standard InChI is InChI=1S/C12H27N.C2H8N2/c1-2-3-4-5-6-7-8-9-10-11-12-13;3-1-2-4/h2-13H2,1H3;1-4H2. The minimum atomic E-state index is 0.597. The van der Waals surface area contributed by atoms with Crippen molar-refractivity contribution < 1.29 is 0 Å². The van der Waals surface area contributed by atoms with E-state index in [0.717, 1.165) is 6.54 Å². The molecule has 0 atom stereocenters. The molecule has 0 bridgehead atoms. The van der Waals surface area contributed by atoms with Gasteiger partial charge in [0.15, 0.2) is 0 Å². The largest absolute Gasteiger partial charge is 0.330 e. The van der Waals surface area contributed by atoms with Gasteiger partial charge in [-0.15, -0.1) is 0 Å². The molecule has 0 unspecified atom stereocenters. The van der Waals surface area contributed by atoms with Gasteiger partial charge in [0.2, 0.25) is 0 Å². The molecule has 0 fully saturated rings. The van der Waals surface area contributed by atoms with Crippen LogP contribution in [-0.4, -0.2) is 19.6 Å². The Morgan fingerprint density at radius 1 is 0.471 bits per heavy atom. The normalized spacial score (nSPS) is 9.88. The van der Waals surface area contributed by atoms with Crippen molar-refractivity contribution in [2.45, 2.75) is 71.1 Å². The molecule has 106 valence electrons. The molecule has 0 aromatic heterocycles. The van der Waals surface area contributed by atoms with Gasteiger partial charge in [-0.3, -0.25) is 0 Å². The number of hydrogen-bond acceptors (Lipinski definition) is 3. The lowest BCUT2D eigenvalue weighted by atomic mass is 10.1. The smallest absolute Gasteiger partial charge is 0.00461 e. The summed E-state index contributed by atoms with van der Waals surface area (Å²) in [5, 5.41) is 0. The molecule has 0 aliphatic heterocycles. The summed E-state index contributed by atoms with van der Waals surface area (Å²) < 4.78 is 0. The van der Waals surface area contributed by atoms with Crippen LogP contribution in [0, 0.1) is 0 Å². The first-order chi connectivity index (χ1) is 8.33. The zero-order chi connectivity index (χ0) is 13.2. The van der Waals surface area contributed by atoms with Crippen LogP contribution in [0.1, 0.15) is 71.1 Å². The molecule has 0 rings (SSSR count). The van der Waals surface area contributed by atoms with Crippen molar-refractivity contribution in [3.8, 4) is 0 Å². The van der Waals surface area contributed by atoms with E-state index in [0.29, 0.717) is 13.1 Å². The quantitative estimate of drug-likeness (QED) is 0.490. The molecule has 0 saturated carbocycles. The van der Waals surface area contributed by atoms with Crippen molar-refractivity contribution in [3.63, 3.8) is 0 Å². The van der Waals surface area contributed by atoms with Gasteiger partial charge in [-0.25, -0.2) is 0 Å². The van der Waals surface area contributed by atoms with E-state index in [4.69, 9.17) is 17.2 Å². The summed E-state index contributed by atoms with van der Waals surface area (Å²) in [6.45, 7) is 4.34. The summed E-state index contributed by atoms with van der Waals surface area (Å²) in [7, 11) is 0. The van der Waals surface area contributed by atoms with Crippen molar-refractivity contribution in [2.24, 2.45) is 17.2 Å². The minimum absolute atomic E-state index is 0.597. The van der Waals surface area contributed by atoms with Crippen LogP contribution in [0.5, 0.6) is 0 Å². The number of nitrogens with two attached hydrogens (primary N) is 3. The molecule has 6 N–H and O–H groups in total. The zero-order valence-electron chi connectivity index (χ0n) is 11.9. The minimum Gasteiger partial charge on any atom is -0.330 e. The maximum Gasteiger partial charge on any atom is 0.00461 e. The number of unbranched alkanes of at least 4 members (excludes halogenated alkanes) is 9. The van der Waals surface area contributed by atoms with Gasteiger partial charge in [0.05, 0.1) is 0 Å². The van der Waals surface area contributed by atoms with Crippen molar-refractivity contribution in [3.05, 3.63) is 0 Å². The van der Waals surface area contributed by atoms with E-state index in [1.54, 1.807) is 0 Å². The summed E-state index contributed by atoms with van der Waals surface area (Å²) in [4.78, 5) is 0. The first kappa shape index (κ1) is 19.2. The van der Waals surface area contributed by atoms with Gasteiger partial charge < -0.3 is 17.2 Å². The summed E-state index contributed by atoms with van der Waals surface area (Å²) in [5.41, 5.74) is 15.2. The fourth-order valence-electron chi connectivity index (χ4n) is 1.63. The molecule has 0 aliphatic rings. The SMILES string of the molecule is CCCCCCCCCCCCN.NCCN. The highest BCUT2D eigenvalue weighted by atomic mass is 14.6. The zero-order valence-corrected chi connectivity index (χ0v) is 11.9. The van der Waals surface area contributed by atoms with E-state index in [-0.39, 0.29) is 0 Å². The van der Waals surface area contributed by atoms with Crippen LogP contribution in [0.3, 0.4) is 0 Å². The van der Waals surface area contributed by atoms with Crippen LogP contribution in [0.15, 0.2) is 0 Å². The fourth-order valence-corrected chi connectivity index (χ4v) is 1.63. The van der Waals surface area contributed by atoms with Crippen molar-refractivity contribution in [1.82, 2.24) is 0 Å². The van der Waals surface area contributed by atoms with Gasteiger partial charge in [-0.05, 0) is 13.0 Å². The average Bonchev–Trinajstić information content (AvgIpc) is 2.37. The predicted molar refractivity (Wildman–Crippen MR) is 79.0 cm³/mol. The summed E-state index contributed by atoms with van der Waals surface area (Å²) in [5.74, 6) is 0. The van der Waals surface area contributed by atoms with Crippen LogP contribution in [0.2, 0.25) is 0 Å². The third kappa shape index (κ3) is 25.8. The molecule has 3 heteroatoms. The monoisotopic (exact) mass is 245 g/mol. The molecule has 0 aliphatic carbocycles. The number of rotatable bonds is 11. The van der Waals surface area contributed by atoms with Gasteiger partial charge in [-0.2, -0.15) is 0 Å². The molecular weight excluding hydrogens is 210 g/mol. The Morgan fingerprint density at radius 2 is 0.824 bits per heavy atom. The van der Waals surface area contributed by atoms with E-state index in [2.05, 4.69) is 6.92 Å². The fraction of sp³-hybridized carbons (Fsp3) is 1.00. The Morgan fingerprint density at radius 3 is 1.12 bits per heavy atom. The van der Waals surface area contributed by atoms with E-state index >= 15 is 0 Å². The number of hydrogen-bond donors (Lipinski definition) is 3. The molecule has 0 spiro atoms. The highest BCUT2D eigenvalue weighted by molar-refractivity contribution is 4.47. The Hall–Kier alpha value is -0.120. The van der Waals surface area contributed by atoms with Gasteiger partial charge in [0.25, 0.3) is 0 Å². The van der Waals surface area contributed by atoms with Crippen LogP contribution in [0.4, 0.5) is 0 Å². The highest BCUT2D eigenvalue weighted by Crippen LogP contribution is 2.09. The van der Waals surface area contributed by atoms with E-state index in [1.165, 1.54) is 64.2 Å².